The van der Waals surface area contributed by atoms with E-state index in [4.69, 9.17) is 17.3 Å². The molecule has 1 heterocycles. The summed E-state index contributed by atoms with van der Waals surface area (Å²) >= 11 is 5.94. The van der Waals surface area contributed by atoms with E-state index in [0.717, 1.165) is 10.6 Å². The first-order valence-corrected chi connectivity index (χ1v) is 7.06. The number of hydrogen-bond acceptors (Lipinski definition) is 3. The van der Waals surface area contributed by atoms with Crippen molar-refractivity contribution in [3.05, 3.63) is 52.8 Å². The topological polar surface area (TPSA) is 47.1 Å². The van der Waals surface area contributed by atoms with E-state index in [1.54, 1.807) is 4.68 Å². The first kappa shape index (κ1) is 15.0. The molecule has 20 heavy (non-hydrogen) atoms. The van der Waals surface area contributed by atoms with Gasteiger partial charge in [0, 0.05) is 36.4 Å². The second-order valence-electron chi connectivity index (χ2n) is 5.09. The lowest BCUT2D eigenvalue weighted by atomic mass is 10.0. The van der Waals surface area contributed by atoms with Gasteiger partial charge in [0.05, 0.1) is 12.2 Å². The van der Waals surface area contributed by atoms with Crippen molar-refractivity contribution in [2.45, 2.75) is 19.0 Å². The zero-order valence-electron chi connectivity index (χ0n) is 12.1. The third kappa shape index (κ3) is 3.20. The average molecular weight is 293 g/mol. The standard InChI is InChI=1S/C15H21ClN4/c1-11(12-4-6-14(16)7-5-12)20(3)15(8-17)13-9-18-19(2)10-13/h4-7,9-11,15H,8,17H2,1-3H3. The van der Waals surface area contributed by atoms with Crippen molar-refractivity contribution in [2.24, 2.45) is 12.8 Å². The van der Waals surface area contributed by atoms with E-state index < -0.39 is 0 Å². The Balaban J connectivity index is 2.19. The van der Waals surface area contributed by atoms with Gasteiger partial charge in [-0.15, -0.1) is 0 Å². The molecule has 0 aliphatic carbocycles. The van der Waals surface area contributed by atoms with Crippen LogP contribution in [-0.4, -0.2) is 28.3 Å². The van der Waals surface area contributed by atoms with Crippen molar-refractivity contribution in [1.82, 2.24) is 14.7 Å². The van der Waals surface area contributed by atoms with E-state index in [1.165, 1.54) is 5.56 Å². The van der Waals surface area contributed by atoms with Crippen molar-refractivity contribution in [2.75, 3.05) is 13.6 Å². The van der Waals surface area contributed by atoms with Gasteiger partial charge in [-0.1, -0.05) is 23.7 Å². The van der Waals surface area contributed by atoms with Gasteiger partial charge in [0.15, 0.2) is 0 Å². The number of rotatable bonds is 5. The highest BCUT2D eigenvalue weighted by atomic mass is 35.5. The number of nitrogens with zero attached hydrogens (tertiary/aromatic N) is 3. The minimum absolute atomic E-state index is 0.148. The van der Waals surface area contributed by atoms with Gasteiger partial charge in [0.25, 0.3) is 0 Å². The molecule has 1 aromatic heterocycles. The SMILES string of the molecule is CC(c1ccc(Cl)cc1)N(C)C(CN)c1cnn(C)c1. The Hall–Kier alpha value is -1.36. The zero-order chi connectivity index (χ0) is 14.7. The first-order valence-electron chi connectivity index (χ1n) is 6.69. The Kier molecular flexibility index (Phi) is 4.81. The fraction of sp³-hybridized carbons (Fsp3) is 0.400. The van der Waals surface area contributed by atoms with E-state index in [0.29, 0.717) is 6.54 Å². The highest BCUT2D eigenvalue weighted by Crippen LogP contribution is 2.28. The highest BCUT2D eigenvalue weighted by molar-refractivity contribution is 6.30. The molecule has 0 saturated carbocycles. The largest absolute Gasteiger partial charge is 0.329 e. The third-order valence-corrected chi connectivity index (χ3v) is 4.04. The van der Waals surface area contributed by atoms with Crippen LogP contribution >= 0.6 is 11.6 Å². The van der Waals surface area contributed by atoms with Gasteiger partial charge in [-0.25, -0.2) is 0 Å². The second kappa shape index (κ2) is 6.39. The maximum Gasteiger partial charge on any atom is 0.0538 e. The molecule has 4 nitrogen and oxygen atoms in total. The summed E-state index contributed by atoms with van der Waals surface area (Å²) in [6, 6.07) is 8.35. The van der Waals surface area contributed by atoms with E-state index >= 15 is 0 Å². The highest BCUT2D eigenvalue weighted by Gasteiger charge is 2.22. The van der Waals surface area contributed by atoms with Crippen LogP contribution in [0.5, 0.6) is 0 Å². The Morgan fingerprint density at radius 1 is 1.30 bits per heavy atom. The Morgan fingerprint density at radius 3 is 2.45 bits per heavy atom. The summed E-state index contributed by atoms with van der Waals surface area (Å²) < 4.78 is 1.80. The van der Waals surface area contributed by atoms with E-state index in [1.807, 2.05) is 31.6 Å². The molecule has 5 heteroatoms. The lowest BCUT2D eigenvalue weighted by Gasteiger charge is -2.32. The molecule has 1 aromatic carbocycles. The van der Waals surface area contributed by atoms with E-state index in [2.05, 4.69) is 36.1 Å². The molecule has 2 rings (SSSR count). The van der Waals surface area contributed by atoms with Crippen LogP contribution < -0.4 is 5.73 Å². The Labute approximate surface area is 125 Å². The minimum Gasteiger partial charge on any atom is -0.329 e. The second-order valence-corrected chi connectivity index (χ2v) is 5.53. The van der Waals surface area contributed by atoms with Crippen molar-refractivity contribution in [3.63, 3.8) is 0 Å². The number of likely N-dealkylation sites (N-methyl/N-ethyl adjacent to an activating group) is 1. The van der Waals surface area contributed by atoms with Crippen molar-refractivity contribution in [1.29, 1.82) is 0 Å². The Bertz CT molecular complexity index is 549. The fourth-order valence-corrected chi connectivity index (χ4v) is 2.52. The summed E-state index contributed by atoms with van der Waals surface area (Å²) in [5.41, 5.74) is 8.31. The molecule has 2 aromatic rings. The molecule has 2 N–H and O–H groups in total. The van der Waals surface area contributed by atoms with Crippen LogP contribution in [0.4, 0.5) is 0 Å². The van der Waals surface area contributed by atoms with Gasteiger partial charge in [-0.05, 0) is 31.7 Å². The molecule has 0 spiro atoms. The maximum absolute atomic E-state index is 5.96. The van der Waals surface area contributed by atoms with E-state index in [9.17, 15) is 0 Å². The van der Waals surface area contributed by atoms with Gasteiger partial charge in [-0.3, -0.25) is 9.58 Å². The van der Waals surface area contributed by atoms with Crippen LogP contribution in [0.2, 0.25) is 5.02 Å². The van der Waals surface area contributed by atoms with Gasteiger partial charge in [0.1, 0.15) is 0 Å². The lowest BCUT2D eigenvalue weighted by molar-refractivity contribution is 0.190. The number of nitrogens with two attached hydrogens (primary N) is 1. The first-order chi connectivity index (χ1) is 9.52. The molecule has 0 saturated heterocycles. The zero-order valence-corrected chi connectivity index (χ0v) is 12.9. The molecule has 0 aliphatic rings. The molecule has 0 radical (unpaired) electrons. The molecular formula is C15H21ClN4. The number of benzene rings is 1. The maximum atomic E-state index is 5.96. The van der Waals surface area contributed by atoms with Crippen molar-refractivity contribution in [3.8, 4) is 0 Å². The summed E-state index contributed by atoms with van der Waals surface area (Å²) in [5, 5.41) is 4.98. The van der Waals surface area contributed by atoms with Gasteiger partial charge >= 0.3 is 0 Å². The van der Waals surface area contributed by atoms with E-state index in [-0.39, 0.29) is 12.1 Å². The summed E-state index contributed by atoms with van der Waals surface area (Å²) in [5.74, 6) is 0. The summed E-state index contributed by atoms with van der Waals surface area (Å²) in [4.78, 5) is 2.26. The van der Waals surface area contributed by atoms with Crippen LogP contribution in [0.25, 0.3) is 0 Å². The normalized spacial score (nSPS) is 14.5. The third-order valence-electron chi connectivity index (χ3n) is 3.79. The van der Waals surface area contributed by atoms with Gasteiger partial charge < -0.3 is 5.73 Å². The molecular weight excluding hydrogens is 272 g/mol. The molecule has 108 valence electrons. The number of hydrogen-bond donors (Lipinski definition) is 1. The fourth-order valence-electron chi connectivity index (χ4n) is 2.40. The molecule has 0 aliphatic heterocycles. The number of halogens is 1. The summed E-state index contributed by atoms with van der Waals surface area (Å²) in [6.45, 7) is 2.72. The van der Waals surface area contributed by atoms with Crippen LogP contribution in [0.3, 0.4) is 0 Å². The van der Waals surface area contributed by atoms with Crippen LogP contribution in [0, 0.1) is 0 Å². The Morgan fingerprint density at radius 2 is 1.95 bits per heavy atom. The molecule has 0 amide bonds. The molecule has 0 fully saturated rings. The average Bonchev–Trinajstić information content (AvgIpc) is 2.86. The summed E-state index contributed by atoms with van der Waals surface area (Å²) in [7, 11) is 4.00. The quantitative estimate of drug-likeness (QED) is 0.922. The lowest BCUT2D eigenvalue weighted by Crippen LogP contribution is -2.32. The smallest absolute Gasteiger partial charge is 0.0538 e. The van der Waals surface area contributed by atoms with Crippen LogP contribution in [0.15, 0.2) is 36.7 Å². The van der Waals surface area contributed by atoms with Crippen LogP contribution in [-0.2, 0) is 7.05 Å². The number of aryl methyl sites for hydroxylation is 1. The predicted molar refractivity (Wildman–Crippen MR) is 82.6 cm³/mol. The van der Waals surface area contributed by atoms with Crippen LogP contribution in [0.1, 0.15) is 30.1 Å². The summed E-state index contributed by atoms with van der Waals surface area (Å²) in [6.07, 6.45) is 3.89. The van der Waals surface area contributed by atoms with Crippen molar-refractivity contribution >= 4 is 11.6 Å². The molecule has 2 atom stereocenters. The predicted octanol–water partition coefficient (Wildman–Crippen LogP) is 2.77. The van der Waals surface area contributed by atoms with Gasteiger partial charge in [-0.2, -0.15) is 5.10 Å². The number of aromatic nitrogens is 2. The van der Waals surface area contributed by atoms with Gasteiger partial charge in [0.2, 0.25) is 0 Å². The van der Waals surface area contributed by atoms with Crippen molar-refractivity contribution < 1.29 is 0 Å². The molecule has 2 unspecified atom stereocenters. The monoisotopic (exact) mass is 292 g/mol. The molecule has 0 bridgehead atoms. The minimum atomic E-state index is 0.148.